The number of alkyl halides is 2. The Morgan fingerprint density at radius 3 is 2.64 bits per heavy atom. The normalized spacial score (nSPS) is 17.8. The Morgan fingerprint density at radius 2 is 1.82 bits per heavy atom. The van der Waals surface area contributed by atoms with Crippen LogP contribution in [-0.4, -0.2) is 55.9 Å². The van der Waals surface area contributed by atoms with Crippen molar-refractivity contribution in [2.24, 2.45) is 0 Å². The first-order chi connectivity index (χ1) is 15.9. The van der Waals surface area contributed by atoms with Gasteiger partial charge < -0.3 is 9.64 Å². The number of hydrogen-bond acceptors (Lipinski definition) is 5. The van der Waals surface area contributed by atoms with E-state index in [-0.39, 0.29) is 30.2 Å². The van der Waals surface area contributed by atoms with Gasteiger partial charge in [0.1, 0.15) is 5.69 Å². The van der Waals surface area contributed by atoms with Crippen LogP contribution in [0.4, 0.5) is 13.2 Å². The van der Waals surface area contributed by atoms with Gasteiger partial charge in [-0.25, -0.2) is 18.2 Å². The van der Waals surface area contributed by atoms with Gasteiger partial charge in [0.2, 0.25) is 5.88 Å². The smallest absolute Gasteiger partial charge is 0.287 e. The minimum atomic E-state index is -3.17. The molecule has 0 radical (unpaired) electrons. The maximum absolute atomic E-state index is 14.7. The van der Waals surface area contributed by atoms with E-state index < -0.39 is 30.2 Å². The van der Waals surface area contributed by atoms with Crippen molar-refractivity contribution in [3.63, 3.8) is 0 Å². The van der Waals surface area contributed by atoms with Crippen LogP contribution in [-0.2, 0) is 0 Å². The zero-order chi connectivity index (χ0) is 23.0. The highest BCUT2D eigenvalue weighted by atomic mass is 19.3. The summed E-state index contributed by atoms with van der Waals surface area (Å²) >= 11 is 0. The van der Waals surface area contributed by atoms with Crippen molar-refractivity contribution in [1.82, 2.24) is 24.9 Å². The SMILES string of the molecule is O=C(c1cccc(F)c1-n1nccn1)N1CCC(F)(F)C(Oc2ccc3ccccc3n2)C1. The van der Waals surface area contributed by atoms with Gasteiger partial charge in [0.05, 0.1) is 30.0 Å². The molecular formula is C23H18F3N5O2. The zero-order valence-corrected chi connectivity index (χ0v) is 17.2. The number of ether oxygens (including phenoxy) is 1. The number of carbonyl (C=O) groups is 1. The predicted octanol–water partition coefficient (Wildman–Crippen LogP) is 3.88. The molecule has 2 aromatic carbocycles. The third-order valence-electron chi connectivity index (χ3n) is 5.53. The maximum Gasteiger partial charge on any atom is 0.287 e. The third kappa shape index (κ3) is 3.99. The van der Waals surface area contributed by atoms with E-state index in [1.807, 2.05) is 12.1 Å². The molecule has 0 aliphatic carbocycles. The van der Waals surface area contributed by atoms with E-state index in [2.05, 4.69) is 15.2 Å². The summed E-state index contributed by atoms with van der Waals surface area (Å²) < 4.78 is 49.5. The van der Waals surface area contributed by atoms with Gasteiger partial charge in [-0.1, -0.05) is 24.3 Å². The Morgan fingerprint density at radius 1 is 1.03 bits per heavy atom. The Hall–Kier alpha value is -3.95. The summed E-state index contributed by atoms with van der Waals surface area (Å²) in [5.41, 5.74) is 0.440. The zero-order valence-electron chi connectivity index (χ0n) is 17.2. The first kappa shape index (κ1) is 20.9. The second-order valence-corrected chi connectivity index (χ2v) is 7.67. The predicted molar refractivity (Wildman–Crippen MR) is 113 cm³/mol. The maximum atomic E-state index is 14.7. The van der Waals surface area contributed by atoms with E-state index in [1.54, 1.807) is 18.2 Å². The van der Waals surface area contributed by atoms with Crippen molar-refractivity contribution in [3.05, 3.63) is 78.4 Å². The van der Waals surface area contributed by atoms with Crippen molar-refractivity contribution in [1.29, 1.82) is 0 Å². The molecule has 0 bridgehead atoms. The molecule has 1 saturated heterocycles. The van der Waals surface area contributed by atoms with Gasteiger partial charge in [0.15, 0.2) is 11.9 Å². The number of likely N-dealkylation sites (tertiary alicyclic amines) is 1. The number of hydrogen-bond donors (Lipinski definition) is 0. The van der Waals surface area contributed by atoms with E-state index >= 15 is 0 Å². The van der Waals surface area contributed by atoms with Crippen molar-refractivity contribution in [2.75, 3.05) is 13.1 Å². The molecule has 1 amide bonds. The quantitative estimate of drug-likeness (QED) is 0.469. The lowest BCUT2D eigenvalue weighted by atomic mass is 10.0. The fourth-order valence-electron chi connectivity index (χ4n) is 3.83. The van der Waals surface area contributed by atoms with E-state index in [0.717, 1.165) is 10.2 Å². The summed E-state index contributed by atoms with van der Waals surface area (Å²) in [6.45, 7) is -0.595. The van der Waals surface area contributed by atoms with Crippen LogP contribution in [0.15, 0.2) is 67.0 Å². The molecule has 1 aliphatic rings. The van der Waals surface area contributed by atoms with Crippen LogP contribution in [0.25, 0.3) is 16.6 Å². The van der Waals surface area contributed by atoms with Crippen LogP contribution in [0.3, 0.4) is 0 Å². The summed E-state index contributed by atoms with van der Waals surface area (Å²) in [4.78, 5) is 19.7. The van der Waals surface area contributed by atoms with Gasteiger partial charge in [0, 0.05) is 24.4 Å². The minimum Gasteiger partial charge on any atom is -0.466 e. The standard InChI is InChI=1S/C23H18F3N5O2/c24-17-6-3-5-16(21(17)31-27-11-12-28-31)22(32)30-13-10-23(25,26)19(14-30)33-20-9-8-15-4-1-2-7-18(15)29-20/h1-9,11-12,19H,10,13-14H2. The number of halogens is 3. The summed E-state index contributed by atoms with van der Waals surface area (Å²) in [6, 6.07) is 14.5. The minimum absolute atomic E-state index is 0.0287. The molecule has 0 saturated carbocycles. The number of carbonyl (C=O) groups excluding carboxylic acids is 1. The van der Waals surface area contributed by atoms with Crippen LogP contribution in [0.5, 0.6) is 5.88 Å². The highest BCUT2D eigenvalue weighted by Gasteiger charge is 2.47. The number of amides is 1. The number of aromatic nitrogens is 4. The summed E-state index contributed by atoms with van der Waals surface area (Å²) in [5.74, 6) is -4.44. The van der Waals surface area contributed by atoms with Crippen LogP contribution in [0.2, 0.25) is 0 Å². The van der Waals surface area contributed by atoms with Crippen molar-refractivity contribution in [2.45, 2.75) is 18.4 Å². The van der Waals surface area contributed by atoms with Gasteiger partial charge >= 0.3 is 0 Å². The average molecular weight is 453 g/mol. The van der Waals surface area contributed by atoms with Crippen molar-refractivity contribution < 1.29 is 22.7 Å². The topological polar surface area (TPSA) is 73.1 Å². The van der Waals surface area contributed by atoms with Gasteiger partial charge in [-0.2, -0.15) is 10.2 Å². The van der Waals surface area contributed by atoms with E-state index in [0.29, 0.717) is 5.52 Å². The van der Waals surface area contributed by atoms with E-state index in [4.69, 9.17) is 4.74 Å². The Kier molecular flexibility index (Phi) is 5.20. The molecule has 1 unspecified atom stereocenters. The van der Waals surface area contributed by atoms with Crippen molar-refractivity contribution >= 4 is 16.8 Å². The monoisotopic (exact) mass is 453 g/mol. The second-order valence-electron chi connectivity index (χ2n) is 7.67. The highest BCUT2D eigenvalue weighted by Crippen LogP contribution is 2.33. The van der Waals surface area contributed by atoms with Gasteiger partial charge in [-0.05, 0) is 24.3 Å². The second kappa shape index (κ2) is 8.19. The van der Waals surface area contributed by atoms with Gasteiger partial charge in [-0.3, -0.25) is 4.79 Å². The summed E-state index contributed by atoms with van der Waals surface area (Å²) in [5, 5.41) is 8.64. The van der Waals surface area contributed by atoms with Crippen LogP contribution >= 0.6 is 0 Å². The fraction of sp³-hybridized carbons (Fsp3) is 0.217. The molecule has 1 atom stereocenters. The lowest BCUT2D eigenvalue weighted by Crippen LogP contribution is -2.55. The lowest BCUT2D eigenvalue weighted by molar-refractivity contribution is -0.131. The largest absolute Gasteiger partial charge is 0.466 e. The van der Waals surface area contributed by atoms with Crippen molar-refractivity contribution in [3.8, 4) is 11.6 Å². The molecule has 3 heterocycles. The fourth-order valence-corrected chi connectivity index (χ4v) is 3.83. The first-order valence-corrected chi connectivity index (χ1v) is 10.3. The molecular weight excluding hydrogens is 435 g/mol. The molecule has 2 aromatic heterocycles. The number of pyridine rings is 1. The lowest BCUT2D eigenvalue weighted by Gasteiger charge is -2.38. The molecule has 0 spiro atoms. The summed E-state index contributed by atoms with van der Waals surface area (Å²) in [7, 11) is 0. The molecule has 1 aliphatic heterocycles. The number of para-hydroxylation sites is 2. The van der Waals surface area contributed by atoms with Gasteiger partial charge in [-0.15, -0.1) is 4.80 Å². The van der Waals surface area contributed by atoms with Crippen LogP contribution in [0, 0.1) is 5.82 Å². The Balaban J connectivity index is 1.42. The number of nitrogens with zero attached hydrogens (tertiary/aromatic N) is 5. The molecule has 4 aromatic rings. The Bertz CT molecular complexity index is 1310. The molecule has 10 heteroatoms. The Labute approximate surface area is 186 Å². The molecule has 0 N–H and O–H groups in total. The van der Waals surface area contributed by atoms with Gasteiger partial charge in [0.25, 0.3) is 11.8 Å². The highest BCUT2D eigenvalue weighted by molar-refractivity contribution is 5.98. The van der Waals surface area contributed by atoms with E-state index in [1.165, 1.54) is 41.6 Å². The first-order valence-electron chi connectivity index (χ1n) is 10.3. The molecule has 7 nitrogen and oxygen atoms in total. The summed E-state index contributed by atoms with van der Waals surface area (Å²) in [6.07, 6.45) is 0.496. The number of rotatable bonds is 4. The molecule has 1 fully saturated rings. The average Bonchev–Trinajstić information content (AvgIpc) is 3.34. The molecule has 33 heavy (non-hydrogen) atoms. The number of fused-ring (bicyclic) bond motifs is 1. The third-order valence-corrected chi connectivity index (χ3v) is 5.53. The van der Waals surface area contributed by atoms with Crippen LogP contribution in [0.1, 0.15) is 16.8 Å². The number of piperidine rings is 1. The van der Waals surface area contributed by atoms with Crippen LogP contribution < -0.4 is 4.74 Å². The molecule has 5 rings (SSSR count). The van der Waals surface area contributed by atoms with E-state index in [9.17, 15) is 18.0 Å². The number of benzene rings is 2. The molecule has 168 valence electrons.